The predicted octanol–water partition coefficient (Wildman–Crippen LogP) is 1.25. The van der Waals surface area contributed by atoms with Gasteiger partial charge in [-0.25, -0.2) is 4.68 Å². The van der Waals surface area contributed by atoms with E-state index in [1.807, 2.05) is 30.3 Å². The van der Waals surface area contributed by atoms with Crippen LogP contribution in [0, 0.1) is 0 Å². The molecule has 7 atom stereocenters. The summed E-state index contributed by atoms with van der Waals surface area (Å²) in [5.74, 6) is -1.55. The van der Waals surface area contributed by atoms with Gasteiger partial charge >= 0.3 is 17.9 Å². The largest absolute Gasteiger partial charge is 0.463 e. The Balaban J connectivity index is 1.56. The lowest BCUT2D eigenvalue weighted by Crippen LogP contribution is -2.63. The first-order valence-corrected chi connectivity index (χ1v) is 13.7. The number of methoxy groups -OCH3 is 1. The van der Waals surface area contributed by atoms with Gasteiger partial charge in [-0.2, -0.15) is 0 Å². The quantitative estimate of drug-likeness (QED) is 0.334. The first kappa shape index (κ1) is 29.9. The molecule has 2 N–H and O–H groups in total. The summed E-state index contributed by atoms with van der Waals surface area (Å²) >= 11 is 1.38. The standard InChI is InChI=1S/C26H34N4O9S/c1-15(31)36-13-21-23(37-16(2)32)22(27)24(34-4)25(38-21)40-19-10-26(14-35-12-19,39-17(3)33)30-11-20(28-29-30)18-8-6-5-7-9-18/h5-9,11,19,21-25H,10,12-14,27H2,1-4H3. The first-order valence-electron chi connectivity index (χ1n) is 12.8. The van der Waals surface area contributed by atoms with Crippen LogP contribution in [-0.4, -0.2) is 94.9 Å². The maximum atomic E-state index is 12.2. The van der Waals surface area contributed by atoms with Crippen LogP contribution in [0.3, 0.4) is 0 Å². The predicted molar refractivity (Wildman–Crippen MR) is 142 cm³/mol. The van der Waals surface area contributed by atoms with E-state index in [4.69, 9.17) is 34.2 Å². The molecule has 3 heterocycles. The Morgan fingerprint density at radius 2 is 1.88 bits per heavy atom. The van der Waals surface area contributed by atoms with Crippen LogP contribution in [0.4, 0.5) is 0 Å². The van der Waals surface area contributed by atoms with E-state index in [-0.39, 0.29) is 18.5 Å². The van der Waals surface area contributed by atoms with Crippen LogP contribution < -0.4 is 5.73 Å². The van der Waals surface area contributed by atoms with Gasteiger partial charge in [0.15, 0.2) is 0 Å². The minimum atomic E-state index is -1.25. The minimum absolute atomic E-state index is 0.0730. The van der Waals surface area contributed by atoms with E-state index in [9.17, 15) is 14.4 Å². The van der Waals surface area contributed by atoms with Crippen LogP contribution in [0.1, 0.15) is 27.2 Å². The van der Waals surface area contributed by atoms with Crippen molar-refractivity contribution in [1.29, 1.82) is 0 Å². The highest BCUT2D eigenvalue weighted by atomic mass is 32.2. The molecular weight excluding hydrogens is 544 g/mol. The molecule has 13 nitrogen and oxygen atoms in total. The lowest BCUT2D eigenvalue weighted by Gasteiger charge is -2.45. The summed E-state index contributed by atoms with van der Waals surface area (Å²) < 4.78 is 35.8. The summed E-state index contributed by atoms with van der Waals surface area (Å²) in [4.78, 5) is 35.5. The second-order valence-corrected chi connectivity index (χ2v) is 11.0. The lowest BCUT2D eigenvalue weighted by molar-refractivity contribution is -0.200. The zero-order valence-corrected chi connectivity index (χ0v) is 23.6. The molecule has 40 heavy (non-hydrogen) atoms. The smallest absolute Gasteiger partial charge is 0.304 e. The Kier molecular flexibility index (Phi) is 9.79. The summed E-state index contributed by atoms with van der Waals surface area (Å²) in [5, 5.41) is 8.31. The third-order valence-electron chi connectivity index (χ3n) is 6.55. The zero-order valence-electron chi connectivity index (χ0n) is 22.8. The molecule has 2 saturated heterocycles. The Labute approximate surface area is 235 Å². The second kappa shape index (κ2) is 13.1. The number of hydrogen-bond donors (Lipinski definition) is 1. The average Bonchev–Trinajstić information content (AvgIpc) is 3.41. The topological polar surface area (TPSA) is 163 Å². The normalized spacial score (nSPS) is 30.3. The lowest BCUT2D eigenvalue weighted by atomic mass is 9.97. The Bertz CT molecular complexity index is 1180. The Hall–Kier alpha value is -3.04. The molecular formula is C26H34N4O9S. The first-order chi connectivity index (χ1) is 19.1. The van der Waals surface area contributed by atoms with E-state index in [1.54, 1.807) is 6.20 Å². The van der Waals surface area contributed by atoms with E-state index in [2.05, 4.69) is 10.3 Å². The third kappa shape index (κ3) is 6.99. The molecule has 2 fully saturated rings. The van der Waals surface area contributed by atoms with E-state index < -0.39 is 53.4 Å². The van der Waals surface area contributed by atoms with E-state index in [1.165, 1.54) is 44.3 Å². The molecule has 1 aromatic heterocycles. The number of aromatic nitrogens is 3. The van der Waals surface area contributed by atoms with Crippen LogP contribution in [0.2, 0.25) is 0 Å². The molecule has 0 aliphatic carbocycles. The molecule has 2 aliphatic rings. The van der Waals surface area contributed by atoms with Gasteiger partial charge < -0.3 is 34.2 Å². The summed E-state index contributed by atoms with van der Waals surface area (Å²) in [7, 11) is 1.49. The molecule has 2 aliphatic heterocycles. The van der Waals surface area contributed by atoms with Crippen molar-refractivity contribution in [3.05, 3.63) is 36.5 Å². The van der Waals surface area contributed by atoms with Gasteiger partial charge in [0.25, 0.3) is 0 Å². The molecule has 2 aromatic rings. The van der Waals surface area contributed by atoms with Gasteiger partial charge in [-0.15, -0.1) is 16.9 Å². The van der Waals surface area contributed by atoms with Gasteiger partial charge in [0.1, 0.15) is 42.7 Å². The van der Waals surface area contributed by atoms with Crippen molar-refractivity contribution in [3.8, 4) is 11.3 Å². The molecule has 0 saturated carbocycles. The number of esters is 3. The number of carbonyl (C=O) groups is 3. The molecule has 218 valence electrons. The van der Waals surface area contributed by atoms with Crippen molar-refractivity contribution < 1.29 is 42.8 Å². The fourth-order valence-corrected chi connectivity index (χ4v) is 6.42. The summed E-state index contributed by atoms with van der Waals surface area (Å²) in [5.41, 5.74) is 6.07. The number of hydrogen-bond acceptors (Lipinski definition) is 13. The number of thioether (sulfide) groups is 1. The summed E-state index contributed by atoms with van der Waals surface area (Å²) in [6, 6.07) is 8.75. The summed E-state index contributed by atoms with van der Waals surface area (Å²) in [6.07, 6.45) is -0.351. The van der Waals surface area contributed by atoms with Crippen molar-refractivity contribution in [2.24, 2.45) is 5.73 Å². The fourth-order valence-electron chi connectivity index (χ4n) is 4.85. The summed E-state index contributed by atoms with van der Waals surface area (Å²) in [6.45, 7) is 4.10. The van der Waals surface area contributed by atoms with Crippen LogP contribution in [0.25, 0.3) is 11.3 Å². The molecule has 0 spiro atoms. The third-order valence-corrected chi connectivity index (χ3v) is 7.88. The highest BCUT2D eigenvalue weighted by Crippen LogP contribution is 2.40. The number of nitrogens with two attached hydrogens (primary N) is 1. The zero-order chi connectivity index (χ0) is 28.9. The highest BCUT2D eigenvalue weighted by molar-refractivity contribution is 8.00. The molecule has 7 unspecified atom stereocenters. The maximum absolute atomic E-state index is 12.2. The molecule has 0 bridgehead atoms. The fraction of sp³-hybridized carbons (Fsp3) is 0.577. The van der Waals surface area contributed by atoms with Crippen molar-refractivity contribution >= 4 is 29.7 Å². The van der Waals surface area contributed by atoms with Gasteiger partial charge in [0.05, 0.1) is 18.8 Å². The number of rotatable bonds is 9. The van der Waals surface area contributed by atoms with Crippen LogP contribution in [-0.2, 0) is 48.5 Å². The van der Waals surface area contributed by atoms with Gasteiger partial charge in [0.2, 0.25) is 5.72 Å². The molecule has 1 aromatic carbocycles. The number of benzene rings is 1. The van der Waals surface area contributed by atoms with Crippen LogP contribution >= 0.6 is 11.8 Å². The Morgan fingerprint density at radius 1 is 1.12 bits per heavy atom. The number of nitrogens with zero attached hydrogens (tertiary/aromatic N) is 3. The average molecular weight is 579 g/mol. The molecule has 14 heteroatoms. The van der Waals surface area contributed by atoms with Crippen LogP contribution in [0.15, 0.2) is 36.5 Å². The van der Waals surface area contributed by atoms with Gasteiger partial charge in [0, 0.05) is 45.1 Å². The monoisotopic (exact) mass is 578 g/mol. The van der Waals surface area contributed by atoms with Gasteiger partial charge in [-0.3, -0.25) is 14.4 Å². The van der Waals surface area contributed by atoms with Crippen molar-refractivity contribution in [2.45, 2.75) is 68.0 Å². The minimum Gasteiger partial charge on any atom is -0.463 e. The van der Waals surface area contributed by atoms with Gasteiger partial charge in [-0.1, -0.05) is 35.5 Å². The van der Waals surface area contributed by atoms with Crippen LogP contribution in [0.5, 0.6) is 0 Å². The van der Waals surface area contributed by atoms with Crippen molar-refractivity contribution in [3.63, 3.8) is 0 Å². The van der Waals surface area contributed by atoms with E-state index >= 15 is 0 Å². The number of carbonyl (C=O) groups excluding carboxylic acids is 3. The molecule has 0 radical (unpaired) electrons. The van der Waals surface area contributed by atoms with Crippen molar-refractivity contribution in [1.82, 2.24) is 15.0 Å². The second-order valence-electron chi connectivity index (χ2n) is 9.63. The highest BCUT2D eigenvalue weighted by Gasteiger charge is 2.50. The maximum Gasteiger partial charge on any atom is 0.304 e. The van der Waals surface area contributed by atoms with E-state index in [0.29, 0.717) is 18.7 Å². The molecule has 0 amide bonds. The van der Waals surface area contributed by atoms with Gasteiger partial charge in [-0.05, 0) is 0 Å². The molecule has 4 rings (SSSR count). The van der Waals surface area contributed by atoms with E-state index in [0.717, 1.165) is 5.56 Å². The van der Waals surface area contributed by atoms with Crippen molar-refractivity contribution in [2.75, 3.05) is 26.9 Å². The SMILES string of the molecule is COC1C(SC2COCC(OC(C)=O)(n3cc(-c4ccccc4)nn3)C2)OC(COC(C)=O)C(OC(C)=O)C1N. The number of ether oxygens (including phenoxy) is 6. The Morgan fingerprint density at radius 3 is 2.52 bits per heavy atom.